The maximum atomic E-state index is 12.4. The van der Waals surface area contributed by atoms with Crippen LogP contribution in [0.3, 0.4) is 0 Å². The third kappa shape index (κ3) is 3.59. The molecular formula is C18H18ClNO3. The molecule has 0 aliphatic rings. The van der Waals surface area contributed by atoms with E-state index in [1.165, 1.54) is 12.3 Å². The molecule has 2 rings (SSSR count). The van der Waals surface area contributed by atoms with E-state index < -0.39 is 5.97 Å². The van der Waals surface area contributed by atoms with Gasteiger partial charge < -0.3 is 4.74 Å². The van der Waals surface area contributed by atoms with Gasteiger partial charge in [0.2, 0.25) is 5.78 Å². The number of esters is 1. The molecule has 0 saturated heterocycles. The van der Waals surface area contributed by atoms with Crippen molar-refractivity contribution >= 4 is 23.4 Å². The lowest BCUT2D eigenvalue weighted by Gasteiger charge is -2.13. The molecule has 0 saturated carbocycles. The van der Waals surface area contributed by atoms with Crippen LogP contribution in [0.5, 0.6) is 0 Å². The Bertz CT molecular complexity index is 784. The van der Waals surface area contributed by atoms with Crippen molar-refractivity contribution in [1.82, 2.24) is 4.98 Å². The fourth-order valence-electron chi connectivity index (χ4n) is 2.33. The van der Waals surface area contributed by atoms with Gasteiger partial charge in [-0.1, -0.05) is 11.6 Å². The van der Waals surface area contributed by atoms with Crippen LogP contribution in [0.2, 0.25) is 5.15 Å². The molecule has 120 valence electrons. The van der Waals surface area contributed by atoms with E-state index in [1.807, 2.05) is 33.8 Å². The zero-order valence-electron chi connectivity index (χ0n) is 13.6. The average molecular weight is 332 g/mol. The van der Waals surface area contributed by atoms with Crippen LogP contribution >= 0.6 is 11.6 Å². The maximum absolute atomic E-state index is 12.4. The van der Waals surface area contributed by atoms with Crippen LogP contribution in [-0.2, 0) is 4.74 Å². The van der Waals surface area contributed by atoms with Crippen LogP contribution in [0.4, 0.5) is 0 Å². The Morgan fingerprint density at radius 1 is 1.09 bits per heavy atom. The quantitative estimate of drug-likeness (QED) is 0.482. The van der Waals surface area contributed by atoms with Crippen LogP contribution in [0, 0.1) is 27.7 Å². The van der Waals surface area contributed by atoms with Gasteiger partial charge in [0.1, 0.15) is 5.15 Å². The fourth-order valence-corrected chi connectivity index (χ4v) is 2.52. The van der Waals surface area contributed by atoms with E-state index in [2.05, 4.69) is 4.98 Å². The highest BCUT2D eigenvalue weighted by atomic mass is 35.5. The van der Waals surface area contributed by atoms with E-state index in [1.54, 1.807) is 6.07 Å². The Labute approximate surface area is 140 Å². The molecule has 2 aromatic rings. The standard InChI is InChI=1S/C18H18ClNO3/c1-10-8-15(13(4)12(3)11(10)2)16(21)9-23-18(22)14-6-5-7-20-17(14)19/h5-8H,9H2,1-4H3. The minimum atomic E-state index is -0.658. The highest BCUT2D eigenvalue weighted by molar-refractivity contribution is 6.32. The second-order valence-corrected chi connectivity index (χ2v) is 5.82. The second kappa shape index (κ2) is 6.92. The molecule has 0 atom stereocenters. The topological polar surface area (TPSA) is 56.3 Å². The molecule has 0 amide bonds. The number of hydrogen-bond donors (Lipinski definition) is 0. The number of aryl methyl sites for hydroxylation is 1. The summed E-state index contributed by atoms with van der Waals surface area (Å²) in [4.78, 5) is 28.2. The molecular weight excluding hydrogens is 314 g/mol. The highest BCUT2D eigenvalue weighted by Crippen LogP contribution is 2.22. The summed E-state index contributed by atoms with van der Waals surface area (Å²) in [7, 11) is 0. The average Bonchev–Trinajstić information content (AvgIpc) is 2.54. The Hall–Kier alpha value is -2.20. The van der Waals surface area contributed by atoms with Gasteiger partial charge in [0.15, 0.2) is 6.61 Å². The van der Waals surface area contributed by atoms with Crippen LogP contribution in [0.15, 0.2) is 24.4 Å². The van der Waals surface area contributed by atoms with Crippen LogP contribution in [0.25, 0.3) is 0 Å². The number of carbonyl (C=O) groups is 2. The third-order valence-corrected chi connectivity index (χ3v) is 4.40. The Morgan fingerprint density at radius 2 is 1.78 bits per heavy atom. The second-order valence-electron chi connectivity index (χ2n) is 5.46. The van der Waals surface area contributed by atoms with Crippen LogP contribution in [0.1, 0.15) is 43.0 Å². The highest BCUT2D eigenvalue weighted by Gasteiger charge is 2.17. The van der Waals surface area contributed by atoms with E-state index in [-0.39, 0.29) is 23.1 Å². The summed E-state index contributed by atoms with van der Waals surface area (Å²) < 4.78 is 5.08. The Morgan fingerprint density at radius 3 is 2.43 bits per heavy atom. The summed E-state index contributed by atoms with van der Waals surface area (Å²) in [5.41, 5.74) is 4.92. The first kappa shape index (κ1) is 17.2. The maximum Gasteiger partial charge on any atom is 0.341 e. The zero-order chi connectivity index (χ0) is 17.1. The summed E-state index contributed by atoms with van der Waals surface area (Å²) >= 11 is 5.84. The van der Waals surface area contributed by atoms with E-state index in [0.717, 1.165) is 22.3 Å². The number of carbonyl (C=O) groups excluding carboxylic acids is 2. The Balaban J connectivity index is 2.15. The monoisotopic (exact) mass is 331 g/mol. The van der Waals surface area contributed by atoms with Gasteiger partial charge in [-0.3, -0.25) is 4.79 Å². The summed E-state index contributed by atoms with van der Waals surface area (Å²) in [6.07, 6.45) is 1.48. The largest absolute Gasteiger partial charge is 0.454 e. The minimum Gasteiger partial charge on any atom is -0.454 e. The van der Waals surface area contributed by atoms with Crippen molar-refractivity contribution < 1.29 is 14.3 Å². The van der Waals surface area contributed by atoms with Crippen LogP contribution < -0.4 is 0 Å². The smallest absolute Gasteiger partial charge is 0.341 e. The lowest BCUT2D eigenvalue weighted by atomic mass is 9.93. The van der Waals surface area contributed by atoms with E-state index >= 15 is 0 Å². The van der Waals surface area contributed by atoms with Gasteiger partial charge >= 0.3 is 5.97 Å². The normalized spacial score (nSPS) is 10.5. The molecule has 1 heterocycles. The zero-order valence-corrected chi connectivity index (χ0v) is 14.3. The third-order valence-electron chi connectivity index (χ3n) is 4.10. The lowest BCUT2D eigenvalue weighted by Crippen LogP contribution is -2.16. The molecule has 23 heavy (non-hydrogen) atoms. The van der Waals surface area contributed by atoms with Crippen molar-refractivity contribution in [3.63, 3.8) is 0 Å². The predicted molar refractivity (Wildman–Crippen MR) is 89.3 cm³/mol. The van der Waals surface area contributed by atoms with E-state index in [0.29, 0.717) is 5.56 Å². The van der Waals surface area contributed by atoms with Gasteiger partial charge in [0, 0.05) is 11.8 Å². The summed E-state index contributed by atoms with van der Waals surface area (Å²) in [6, 6.07) is 4.93. The molecule has 0 spiro atoms. The number of hydrogen-bond acceptors (Lipinski definition) is 4. The van der Waals surface area contributed by atoms with Gasteiger partial charge in [0.05, 0.1) is 5.56 Å². The number of Topliss-reactive ketones (excluding diaryl/α,β-unsaturated/α-hetero) is 1. The molecule has 1 aromatic heterocycles. The van der Waals surface area contributed by atoms with E-state index in [4.69, 9.17) is 16.3 Å². The van der Waals surface area contributed by atoms with Crippen molar-refractivity contribution in [1.29, 1.82) is 0 Å². The van der Waals surface area contributed by atoms with Gasteiger partial charge in [-0.2, -0.15) is 0 Å². The summed E-state index contributed by atoms with van der Waals surface area (Å²) in [6.45, 7) is 7.54. The van der Waals surface area contributed by atoms with Gasteiger partial charge in [-0.05, 0) is 68.1 Å². The van der Waals surface area contributed by atoms with Crippen molar-refractivity contribution in [3.05, 3.63) is 62.9 Å². The molecule has 5 heteroatoms. The van der Waals surface area contributed by atoms with Crippen molar-refractivity contribution in [2.24, 2.45) is 0 Å². The lowest BCUT2D eigenvalue weighted by molar-refractivity contribution is 0.0474. The number of pyridine rings is 1. The molecule has 0 aliphatic carbocycles. The minimum absolute atomic E-state index is 0.0585. The van der Waals surface area contributed by atoms with Crippen LogP contribution in [-0.4, -0.2) is 23.3 Å². The first-order valence-electron chi connectivity index (χ1n) is 7.21. The number of benzene rings is 1. The number of rotatable bonds is 4. The van der Waals surface area contributed by atoms with Crippen molar-refractivity contribution in [2.75, 3.05) is 6.61 Å². The van der Waals surface area contributed by atoms with Gasteiger partial charge in [-0.25, -0.2) is 9.78 Å². The van der Waals surface area contributed by atoms with Gasteiger partial charge in [-0.15, -0.1) is 0 Å². The van der Waals surface area contributed by atoms with E-state index in [9.17, 15) is 9.59 Å². The first-order chi connectivity index (χ1) is 10.8. The molecule has 0 bridgehead atoms. The summed E-state index contributed by atoms with van der Waals surface area (Å²) in [5.74, 6) is -0.892. The SMILES string of the molecule is Cc1cc(C(=O)COC(=O)c2cccnc2Cl)c(C)c(C)c1C. The first-order valence-corrected chi connectivity index (χ1v) is 7.59. The molecule has 0 aliphatic heterocycles. The predicted octanol–water partition coefficient (Wildman–Crippen LogP) is 4.01. The van der Waals surface area contributed by atoms with Crippen molar-refractivity contribution in [3.8, 4) is 0 Å². The number of halogens is 1. The molecule has 0 fully saturated rings. The summed E-state index contributed by atoms with van der Waals surface area (Å²) in [5, 5.41) is 0.0585. The number of ketones is 1. The Kier molecular flexibility index (Phi) is 5.16. The fraction of sp³-hybridized carbons (Fsp3) is 0.278. The number of nitrogens with zero attached hydrogens (tertiary/aromatic N) is 1. The molecule has 0 radical (unpaired) electrons. The number of aromatic nitrogens is 1. The molecule has 1 aromatic carbocycles. The molecule has 0 unspecified atom stereocenters. The van der Waals surface area contributed by atoms with Crippen molar-refractivity contribution in [2.45, 2.75) is 27.7 Å². The van der Waals surface area contributed by atoms with Gasteiger partial charge in [0.25, 0.3) is 0 Å². The number of ether oxygens (including phenoxy) is 1. The molecule has 4 nitrogen and oxygen atoms in total. The molecule has 0 N–H and O–H groups in total.